The summed E-state index contributed by atoms with van der Waals surface area (Å²) in [5, 5.41) is 6.16. The lowest BCUT2D eigenvalue weighted by Crippen LogP contribution is -2.22. The molecule has 2 N–H and O–H groups in total. The third-order valence-electron chi connectivity index (χ3n) is 4.67. The van der Waals surface area contributed by atoms with Crippen LogP contribution in [0.25, 0.3) is 0 Å². The van der Waals surface area contributed by atoms with Gasteiger partial charge in [-0.15, -0.1) is 0 Å². The zero-order chi connectivity index (χ0) is 21.2. The highest BCUT2D eigenvalue weighted by molar-refractivity contribution is 5.94. The maximum atomic E-state index is 12.3. The lowest BCUT2D eigenvalue weighted by atomic mass is 10.1. The molecule has 0 aliphatic heterocycles. The number of para-hydroxylation sites is 2. The van der Waals surface area contributed by atoms with Gasteiger partial charge in [0.15, 0.2) is 0 Å². The van der Waals surface area contributed by atoms with Crippen molar-refractivity contribution in [1.82, 2.24) is 0 Å². The molecule has 3 aromatic carbocycles. The van der Waals surface area contributed by atoms with Gasteiger partial charge in [0.2, 0.25) is 5.91 Å². The average molecular weight is 405 g/mol. The van der Waals surface area contributed by atoms with E-state index < -0.39 is 0 Å². The zero-order valence-corrected chi connectivity index (χ0v) is 17.5. The maximum Gasteiger partial charge on any atom is 0.243 e. The van der Waals surface area contributed by atoms with Gasteiger partial charge in [0.05, 0.1) is 6.54 Å². The number of rotatable bonds is 10. The molecule has 156 valence electrons. The Bertz CT molecular complexity index is 940. The molecule has 3 aromatic rings. The van der Waals surface area contributed by atoms with Crippen LogP contribution in [-0.4, -0.2) is 25.7 Å². The number of ether oxygens (including phenoxy) is 2. The third-order valence-corrected chi connectivity index (χ3v) is 4.67. The van der Waals surface area contributed by atoms with Gasteiger partial charge in [0, 0.05) is 11.4 Å². The summed E-state index contributed by atoms with van der Waals surface area (Å²) in [7, 11) is 0. The van der Waals surface area contributed by atoms with Gasteiger partial charge in [-0.3, -0.25) is 4.79 Å². The predicted octanol–water partition coefficient (Wildman–Crippen LogP) is 5.07. The molecule has 0 atom stereocenters. The van der Waals surface area contributed by atoms with E-state index in [1.54, 1.807) is 0 Å². The number of hydrogen-bond donors (Lipinski definition) is 2. The molecule has 0 spiro atoms. The Kier molecular flexibility index (Phi) is 7.72. The molecule has 0 aromatic heterocycles. The molecule has 0 aliphatic carbocycles. The molecule has 0 aliphatic rings. The van der Waals surface area contributed by atoms with Crippen molar-refractivity contribution in [2.75, 3.05) is 30.4 Å². The van der Waals surface area contributed by atoms with E-state index in [0.29, 0.717) is 13.2 Å². The van der Waals surface area contributed by atoms with Gasteiger partial charge >= 0.3 is 0 Å². The van der Waals surface area contributed by atoms with Gasteiger partial charge in [-0.05, 0) is 60.9 Å². The summed E-state index contributed by atoms with van der Waals surface area (Å²) in [5.41, 5.74) is 4.12. The largest absolute Gasteiger partial charge is 0.490 e. The molecule has 3 rings (SSSR count). The highest BCUT2D eigenvalue weighted by Gasteiger charge is 2.07. The highest BCUT2D eigenvalue weighted by atomic mass is 16.5. The van der Waals surface area contributed by atoms with E-state index in [0.717, 1.165) is 34.9 Å². The van der Waals surface area contributed by atoms with Crippen molar-refractivity contribution in [2.45, 2.75) is 20.3 Å². The van der Waals surface area contributed by atoms with Crippen molar-refractivity contribution >= 4 is 17.3 Å². The minimum atomic E-state index is -0.0924. The summed E-state index contributed by atoms with van der Waals surface area (Å²) in [6.45, 7) is 5.28. The van der Waals surface area contributed by atoms with Gasteiger partial charge in [0.25, 0.3) is 0 Å². The van der Waals surface area contributed by atoms with E-state index in [1.807, 2.05) is 73.7 Å². The van der Waals surface area contributed by atoms with Crippen molar-refractivity contribution in [3.8, 4) is 11.5 Å². The monoisotopic (exact) mass is 404 g/mol. The van der Waals surface area contributed by atoms with Crippen LogP contribution in [0.15, 0.2) is 72.8 Å². The predicted molar refractivity (Wildman–Crippen MR) is 122 cm³/mol. The Morgan fingerprint density at radius 3 is 2.17 bits per heavy atom. The summed E-state index contributed by atoms with van der Waals surface area (Å²) in [6, 6.07) is 23.1. The molecular formula is C25H28N2O3. The van der Waals surface area contributed by atoms with Crippen molar-refractivity contribution < 1.29 is 14.3 Å². The van der Waals surface area contributed by atoms with E-state index in [4.69, 9.17) is 9.47 Å². The van der Waals surface area contributed by atoms with Crippen LogP contribution in [0.4, 0.5) is 11.4 Å². The number of benzene rings is 3. The SMILES string of the molecule is CCc1cccc(C)c1NCC(=O)Nc1ccc(OCCOc2ccccc2)cc1. The summed E-state index contributed by atoms with van der Waals surface area (Å²) in [6.07, 6.45) is 0.920. The normalized spacial score (nSPS) is 10.3. The molecule has 5 heteroatoms. The van der Waals surface area contributed by atoms with Gasteiger partial charge in [-0.25, -0.2) is 0 Å². The van der Waals surface area contributed by atoms with Crippen molar-refractivity contribution in [3.63, 3.8) is 0 Å². The average Bonchev–Trinajstić information content (AvgIpc) is 2.77. The molecule has 0 bridgehead atoms. The second-order valence-corrected chi connectivity index (χ2v) is 6.90. The smallest absolute Gasteiger partial charge is 0.243 e. The first-order valence-electron chi connectivity index (χ1n) is 10.2. The fraction of sp³-hybridized carbons (Fsp3) is 0.240. The summed E-state index contributed by atoms with van der Waals surface area (Å²) in [5.74, 6) is 1.46. The number of carbonyl (C=O) groups is 1. The van der Waals surface area contributed by atoms with Crippen molar-refractivity contribution in [1.29, 1.82) is 0 Å². The zero-order valence-electron chi connectivity index (χ0n) is 17.5. The van der Waals surface area contributed by atoms with Crippen molar-refractivity contribution in [3.05, 3.63) is 83.9 Å². The second-order valence-electron chi connectivity index (χ2n) is 6.90. The van der Waals surface area contributed by atoms with E-state index >= 15 is 0 Å². The Morgan fingerprint density at radius 1 is 0.833 bits per heavy atom. The molecule has 0 saturated heterocycles. The van der Waals surface area contributed by atoms with Crippen LogP contribution in [0.2, 0.25) is 0 Å². The van der Waals surface area contributed by atoms with Gasteiger partial charge in [-0.2, -0.15) is 0 Å². The summed E-state index contributed by atoms with van der Waals surface area (Å²) < 4.78 is 11.3. The van der Waals surface area contributed by atoms with Crippen LogP contribution in [-0.2, 0) is 11.2 Å². The first-order chi connectivity index (χ1) is 14.7. The fourth-order valence-corrected chi connectivity index (χ4v) is 3.12. The molecule has 1 amide bonds. The fourth-order valence-electron chi connectivity index (χ4n) is 3.12. The molecule has 0 heterocycles. The van der Waals surface area contributed by atoms with Crippen LogP contribution >= 0.6 is 0 Å². The minimum Gasteiger partial charge on any atom is -0.490 e. The first kappa shape index (κ1) is 21.2. The molecular weight excluding hydrogens is 376 g/mol. The van der Waals surface area contributed by atoms with Gasteiger partial charge in [0.1, 0.15) is 24.7 Å². The lowest BCUT2D eigenvalue weighted by molar-refractivity contribution is -0.114. The number of aryl methyl sites for hydroxylation is 2. The molecule has 5 nitrogen and oxygen atoms in total. The first-order valence-corrected chi connectivity index (χ1v) is 10.2. The van der Waals surface area contributed by atoms with Crippen LogP contribution in [0.5, 0.6) is 11.5 Å². The highest BCUT2D eigenvalue weighted by Crippen LogP contribution is 2.21. The number of carbonyl (C=O) groups excluding carboxylic acids is 1. The minimum absolute atomic E-state index is 0.0924. The lowest BCUT2D eigenvalue weighted by Gasteiger charge is -2.14. The van der Waals surface area contributed by atoms with E-state index in [2.05, 4.69) is 23.6 Å². The molecule has 0 saturated carbocycles. The summed E-state index contributed by atoms with van der Waals surface area (Å²) in [4.78, 5) is 12.3. The molecule has 0 unspecified atom stereocenters. The Labute approximate surface area is 178 Å². The Morgan fingerprint density at radius 2 is 1.50 bits per heavy atom. The third kappa shape index (κ3) is 6.27. The number of anilines is 2. The standard InChI is InChI=1S/C25H28N2O3/c1-3-20-9-7-8-19(2)25(20)26-18-24(28)27-21-12-14-23(15-13-21)30-17-16-29-22-10-5-4-6-11-22/h4-15,26H,3,16-18H2,1-2H3,(H,27,28). The molecule has 30 heavy (non-hydrogen) atoms. The van der Waals surface area contributed by atoms with Crippen LogP contribution in [0.3, 0.4) is 0 Å². The van der Waals surface area contributed by atoms with Crippen LogP contribution in [0.1, 0.15) is 18.1 Å². The quantitative estimate of drug-likeness (QED) is 0.464. The van der Waals surface area contributed by atoms with E-state index in [1.165, 1.54) is 5.56 Å². The van der Waals surface area contributed by atoms with E-state index in [9.17, 15) is 4.79 Å². The number of nitrogens with one attached hydrogen (secondary N) is 2. The Hall–Kier alpha value is -3.47. The van der Waals surface area contributed by atoms with Crippen LogP contribution in [0, 0.1) is 6.92 Å². The van der Waals surface area contributed by atoms with Gasteiger partial charge < -0.3 is 20.1 Å². The van der Waals surface area contributed by atoms with Gasteiger partial charge in [-0.1, -0.05) is 43.3 Å². The van der Waals surface area contributed by atoms with Crippen LogP contribution < -0.4 is 20.1 Å². The molecule has 0 fully saturated rings. The number of amides is 1. The van der Waals surface area contributed by atoms with E-state index in [-0.39, 0.29) is 12.5 Å². The molecule has 0 radical (unpaired) electrons. The second kappa shape index (κ2) is 10.9. The maximum absolute atomic E-state index is 12.3. The topological polar surface area (TPSA) is 59.6 Å². The van der Waals surface area contributed by atoms with Crippen molar-refractivity contribution in [2.24, 2.45) is 0 Å². The number of hydrogen-bond acceptors (Lipinski definition) is 4. The Balaban J connectivity index is 1.42. The summed E-state index contributed by atoms with van der Waals surface area (Å²) >= 11 is 0.